The lowest BCUT2D eigenvalue weighted by Gasteiger charge is -2.30. The molecule has 0 unspecified atom stereocenters. The molecule has 0 saturated heterocycles. The number of aromatic nitrogens is 1. The van der Waals surface area contributed by atoms with Crippen LogP contribution in [0.15, 0.2) is 76.0 Å². The summed E-state index contributed by atoms with van der Waals surface area (Å²) in [5, 5.41) is 22.2. The van der Waals surface area contributed by atoms with E-state index in [1.54, 1.807) is 22.8 Å². The van der Waals surface area contributed by atoms with Gasteiger partial charge in [-0.1, -0.05) is 47.7 Å². The van der Waals surface area contributed by atoms with Crippen molar-refractivity contribution in [2.24, 2.45) is 4.99 Å². The summed E-state index contributed by atoms with van der Waals surface area (Å²) < 4.78 is 3.74. The highest BCUT2D eigenvalue weighted by Gasteiger charge is 2.33. The third kappa shape index (κ3) is 4.24. The highest BCUT2D eigenvalue weighted by Crippen LogP contribution is 2.41. The zero-order valence-electron chi connectivity index (χ0n) is 19.0. The maximum atomic E-state index is 13.9. The highest BCUT2D eigenvalue weighted by atomic mass is 127. The number of nitrogens with zero attached hydrogens (tertiary/aromatic N) is 3. The number of hydrogen-bond acceptors (Lipinski definition) is 6. The first-order valence-electron chi connectivity index (χ1n) is 11.4. The van der Waals surface area contributed by atoms with Gasteiger partial charge >= 0.3 is 0 Å². The van der Waals surface area contributed by atoms with E-state index in [9.17, 15) is 20.0 Å². The van der Waals surface area contributed by atoms with Gasteiger partial charge in [0.05, 0.1) is 24.8 Å². The summed E-state index contributed by atoms with van der Waals surface area (Å²) in [5.41, 5.74) is 5.01. The third-order valence-electron chi connectivity index (χ3n) is 6.61. The van der Waals surface area contributed by atoms with Crippen LogP contribution >= 0.6 is 56.5 Å². The third-order valence-corrected chi connectivity index (χ3v) is 9.04. The lowest BCUT2D eigenvalue weighted by Crippen LogP contribution is -2.38. The van der Waals surface area contributed by atoms with Gasteiger partial charge in [0.1, 0.15) is 5.75 Å². The van der Waals surface area contributed by atoms with Gasteiger partial charge in [0, 0.05) is 26.8 Å². The number of rotatable bonds is 3. The lowest BCUT2D eigenvalue weighted by molar-refractivity contribution is -0.384. The maximum absolute atomic E-state index is 13.9. The van der Waals surface area contributed by atoms with E-state index in [1.807, 2.05) is 36.4 Å². The molecule has 7 nitrogen and oxygen atoms in total. The molecule has 1 N–H and O–H groups in total. The summed E-state index contributed by atoms with van der Waals surface area (Å²) in [6, 6.07) is 17.8. The Morgan fingerprint density at radius 1 is 1.11 bits per heavy atom. The molecule has 184 valence electrons. The molecule has 6 rings (SSSR count). The molecular formula is C27H17I2N3O4S. The van der Waals surface area contributed by atoms with Crippen molar-refractivity contribution in [2.45, 2.75) is 18.9 Å². The average Bonchev–Trinajstić information content (AvgIpc) is 3.20. The van der Waals surface area contributed by atoms with Crippen LogP contribution in [0.1, 0.15) is 34.7 Å². The van der Waals surface area contributed by atoms with Crippen molar-refractivity contribution in [3.8, 4) is 5.75 Å². The Labute approximate surface area is 241 Å². The molecule has 2 aliphatic rings. The predicted octanol–water partition coefficient (Wildman–Crippen LogP) is 5.14. The van der Waals surface area contributed by atoms with Gasteiger partial charge in [-0.25, -0.2) is 4.99 Å². The van der Waals surface area contributed by atoms with E-state index < -0.39 is 11.0 Å². The Balaban J connectivity index is 1.64. The maximum Gasteiger partial charge on any atom is 0.271 e. The Hall–Kier alpha value is -2.84. The molecule has 1 aliphatic heterocycles. The second-order valence-corrected chi connectivity index (χ2v) is 12.2. The summed E-state index contributed by atoms with van der Waals surface area (Å²) in [5.74, 6) is 0.121. The molecule has 0 radical (unpaired) electrons. The van der Waals surface area contributed by atoms with E-state index in [2.05, 4.69) is 51.2 Å². The highest BCUT2D eigenvalue weighted by molar-refractivity contribution is 14.1. The van der Waals surface area contributed by atoms with Crippen LogP contribution in [-0.2, 0) is 6.42 Å². The molecule has 0 fully saturated rings. The van der Waals surface area contributed by atoms with Crippen molar-refractivity contribution < 1.29 is 10.0 Å². The first-order chi connectivity index (χ1) is 17.8. The first-order valence-corrected chi connectivity index (χ1v) is 14.3. The zero-order chi connectivity index (χ0) is 25.8. The molecule has 0 amide bonds. The van der Waals surface area contributed by atoms with Gasteiger partial charge in [-0.05, 0) is 92.9 Å². The number of halogens is 2. The van der Waals surface area contributed by atoms with Crippen molar-refractivity contribution in [1.29, 1.82) is 0 Å². The van der Waals surface area contributed by atoms with Gasteiger partial charge in [0.15, 0.2) is 4.80 Å². The fraction of sp³-hybridized carbons (Fsp3) is 0.111. The number of benzene rings is 3. The van der Waals surface area contributed by atoms with E-state index in [4.69, 9.17) is 4.99 Å². The van der Waals surface area contributed by atoms with Crippen LogP contribution in [-0.4, -0.2) is 14.6 Å². The minimum Gasteiger partial charge on any atom is -0.506 e. The van der Waals surface area contributed by atoms with Gasteiger partial charge in [-0.3, -0.25) is 19.5 Å². The molecule has 10 heteroatoms. The number of phenolic OH excluding ortho intramolecular Hbond substituents is 1. The summed E-state index contributed by atoms with van der Waals surface area (Å²) in [4.78, 5) is 30.5. The van der Waals surface area contributed by atoms with Gasteiger partial charge in [0.2, 0.25) is 0 Å². The van der Waals surface area contributed by atoms with E-state index >= 15 is 0 Å². The summed E-state index contributed by atoms with van der Waals surface area (Å²) in [6.45, 7) is 0. The topological polar surface area (TPSA) is 97.7 Å². The van der Waals surface area contributed by atoms with Crippen LogP contribution in [0.4, 0.5) is 5.69 Å². The Morgan fingerprint density at radius 3 is 2.73 bits per heavy atom. The fourth-order valence-corrected chi connectivity index (χ4v) is 7.85. The largest absolute Gasteiger partial charge is 0.506 e. The Morgan fingerprint density at radius 2 is 1.92 bits per heavy atom. The standard InChI is InChI=1S/C27H17I2N3O4S/c28-17-10-16(25(33)21(29)13-17)12-22-26(34)31-24(15-5-3-6-18(11-15)32(35)36)20-9-8-14-4-1-2-7-19(14)23(20)30-27(31)37-22/h1-7,10-13,24,33H,8-9H2/b22-12+/t24-/m1/s1. The molecule has 1 aromatic heterocycles. The summed E-state index contributed by atoms with van der Waals surface area (Å²) in [7, 11) is 0. The molecular weight excluding hydrogens is 716 g/mol. The molecule has 1 atom stereocenters. The number of aromatic hydroxyl groups is 1. The number of aryl methyl sites for hydroxylation is 1. The predicted molar refractivity (Wildman–Crippen MR) is 159 cm³/mol. The molecule has 4 aromatic rings. The molecule has 3 aromatic carbocycles. The van der Waals surface area contributed by atoms with Crippen LogP contribution in [0.25, 0.3) is 11.8 Å². The number of phenols is 1. The normalized spacial score (nSPS) is 16.6. The van der Waals surface area contributed by atoms with Crippen molar-refractivity contribution in [3.63, 3.8) is 0 Å². The van der Waals surface area contributed by atoms with Crippen LogP contribution in [0.3, 0.4) is 0 Å². The zero-order valence-corrected chi connectivity index (χ0v) is 24.2. The monoisotopic (exact) mass is 733 g/mol. The molecule has 37 heavy (non-hydrogen) atoms. The number of nitro benzene ring substituents is 1. The van der Waals surface area contributed by atoms with Gasteiger partial charge in [0.25, 0.3) is 11.2 Å². The number of nitro groups is 1. The van der Waals surface area contributed by atoms with Crippen LogP contribution in [0, 0.1) is 17.3 Å². The number of hydrogen-bond donors (Lipinski definition) is 1. The van der Waals surface area contributed by atoms with Crippen LogP contribution in [0.2, 0.25) is 0 Å². The minimum atomic E-state index is -0.508. The van der Waals surface area contributed by atoms with Gasteiger partial charge in [-0.15, -0.1) is 0 Å². The van der Waals surface area contributed by atoms with Crippen LogP contribution in [0.5, 0.6) is 5.75 Å². The molecule has 1 aliphatic carbocycles. The fourth-order valence-electron chi connectivity index (χ4n) is 4.97. The van der Waals surface area contributed by atoms with Crippen molar-refractivity contribution in [2.75, 3.05) is 0 Å². The minimum absolute atomic E-state index is 0.0201. The smallest absolute Gasteiger partial charge is 0.271 e. The van der Waals surface area contributed by atoms with Crippen molar-refractivity contribution in [3.05, 3.63) is 125 Å². The average molecular weight is 733 g/mol. The second-order valence-electron chi connectivity index (χ2n) is 8.79. The van der Waals surface area contributed by atoms with Gasteiger partial charge < -0.3 is 5.11 Å². The lowest BCUT2D eigenvalue weighted by atomic mass is 9.83. The molecule has 0 bridgehead atoms. The second kappa shape index (κ2) is 9.48. The number of non-ortho nitro benzene ring substituents is 1. The number of allylic oxidation sites excluding steroid dienone is 1. The number of fused-ring (bicyclic) bond motifs is 3. The Kier molecular flexibility index (Phi) is 6.27. The van der Waals surface area contributed by atoms with E-state index in [1.165, 1.54) is 23.0 Å². The van der Waals surface area contributed by atoms with E-state index in [-0.39, 0.29) is 17.0 Å². The van der Waals surface area contributed by atoms with Gasteiger partial charge in [-0.2, -0.15) is 0 Å². The molecule has 2 heterocycles. The first kappa shape index (κ1) is 24.5. The number of thiazole rings is 1. The van der Waals surface area contributed by atoms with Crippen LogP contribution < -0.4 is 14.9 Å². The Bertz CT molecular complexity index is 1840. The summed E-state index contributed by atoms with van der Waals surface area (Å²) >= 11 is 5.51. The SMILES string of the molecule is O=c1/c(=C\c2cc(I)cc(I)c2O)sc2n1[C@H](c1cccc([N+](=O)[O-])c1)C1=C(N=2)c2ccccc2CC1. The summed E-state index contributed by atoms with van der Waals surface area (Å²) in [6.07, 6.45) is 3.20. The van der Waals surface area contributed by atoms with Crippen molar-refractivity contribution >= 4 is 74.0 Å². The molecule has 0 saturated carbocycles. The quantitative estimate of drug-likeness (QED) is 0.179. The van der Waals surface area contributed by atoms with E-state index in [0.717, 1.165) is 26.8 Å². The van der Waals surface area contributed by atoms with E-state index in [0.29, 0.717) is 30.5 Å². The van der Waals surface area contributed by atoms with Crippen molar-refractivity contribution in [1.82, 2.24) is 4.57 Å². The molecule has 0 spiro atoms.